The molecule has 0 unspecified atom stereocenters. The Morgan fingerprint density at radius 2 is 1.90 bits per heavy atom. The van der Waals surface area contributed by atoms with Crippen LogP contribution in [0.15, 0.2) is 44.6 Å². The van der Waals surface area contributed by atoms with E-state index in [1.807, 2.05) is 12.1 Å². The van der Waals surface area contributed by atoms with Gasteiger partial charge in [0.05, 0.1) is 6.33 Å². The van der Waals surface area contributed by atoms with Crippen LogP contribution in [-0.2, 0) is 30.2 Å². The molecule has 0 saturated carbocycles. The van der Waals surface area contributed by atoms with Gasteiger partial charge in [-0.15, -0.1) is 0 Å². The van der Waals surface area contributed by atoms with Crippen molar-refractivity contribution in [1.82, 2.24) is 18.7 Å². The van der Waals surface area contributed by atoms with Crippen LogP contribution in [0.1, 0.15) is 16.1 Å². The molecule has 4 aromatic rings. The lowest BCUT2D eigenvalue weighted by Gasteiger charge is -2.08. The third kappa shape index (κ3) is 3.02. The van der Waals surface area contributed by atoms with Crippen molar-refractivity contribution in [3.8, 4) is 0 Å². The van der Waals surface area contributed by atoms with Crippen LogP contribution in [0.3, 0.4) is 0 Å². The van der Waals surface area contributed by atoms with Crippen LogP contribution in [0.2, 0.25) is 0 Å². The molecule has 0 bridgehead atoms. The zero-order valence-electron chi connectivity index (χ0n) is 16.5. The van der Waals surface area contributed by atoms with Crippen molar-refractivity contribution in [3.63, 3.8) is 0 Å². The molecule has 10 nitrogen and oxygen atoms in total. The maximum atomic E-state index is 12.6. The molecule has 0 radical (unpaired) electrons. The number of ether oxygens (including phenoxy) is 1. The van der Waals surface area contributed by atoms with Crippen molar-refractivity contribution < 1.29 is 18.7 Å². The molecule has 0 N–H and O–H groups in total. The molecule has 3 aromatic heterocycles. The number of hydrogen-bond acceptors (Lipinski definition) is 7. The Labute approximate surface area is 168 Å². The number of Topliss-reactive ketones (excluding diaryl/α,β-unsaturated/α-hetero) is 1. The number of rotatable bonds is 5. The van der Waals surface area contributed by atoms with E-state index >= 15 is 0 Å². The zero-order valence-corrected chi connectivity index (χ0v) is 16.5. The Hall–Kier alpha value is -3.95. The normalized spacial score (nSPS) is 11.3. The monoisotopic (exact) mass is 410 g/mol. The number of benzene rings is 1. The predicted molar refractivity (Wildman–Crippen MR) is 106 cm³/mol. The molecule has 4 rings (SSSR count). The number of imidazole rings is 1. The van der Waals surface area contributed by atoms with Crippen LogP contribution in [-0.4, -0.2) is 37.0 Å². The van der Waals surface area contributed by atoms with Gasteiger partial charge in [-0.05, 0) is 13.0 Å². The summed E-state index contributed by atoms with van der Waals surface area (Å²) in [6.07, 6.45) is 1.41. The van der Waals surface area contributed by atoms with Crippen molar-refractivity contribution in [2.24, 2.45) is 14.1 Å². The summed E-state index contributed by atoms with van der Waals surface area (Å²) in [5.41, 5.74) is 0.237. The van der Waals surface area contributed by atoms with E-state index in [0.29, 0.717) is 11.1 Å². The number of aromatic nitrogens is 4. The van der Waals surface area contributed by atoms with Gasteiger partial charge in [-0.2, -0.15) is 0 Å². The highest BCUT2D eigenvalue weighted by molar-refractivity contribution is 6.01. The number of esters is 1. The summed E-state index contributed by atoms with van der Waals surface area (Å²) in [4.78, 5) is 53.8. The lowest BCUT2D eigenvalue weighted by atomic mass is 10.1. The summed E-state index contributed by atoms with van der Waals surface area (Å²) in [7, 11) is 3.06. The van der Waals surface area contributed by atoms with Gasteiger partial charge in [0.1, 0.15) is 12.1 Å². The van der Waals surface area contributed by atoms with Gasteiger partial charge in [-0.3, -0.25) is 19.0 Å². The van der Waals surface area contributed by atoms with Gasteiger partial charge in [0.25, 0.3) is 5.56 Å². The second-order valence-electron chi connectivity index (χ2n) is 6.90. The number of furan rings is 1. The molecule has 10 heteroatoms. The second-order valence-corrected chi connectivity index (χ2v) is 6.90. The fraction of sp³-hybridized carbons (Fsp3) is 0.250. The zero-order chi connectivity index (χ0) is 21.6. The average Bonchev–Trinajstić information content (AvgIpc) is 3.28. The molecule has 0 atom stereocenters. The molecule has 0 aliphatic heterocycles. The van der Waals surface area contributed by atoms with Gasteiger partial charge in [0, 0.05) is 25.0 Å². The van der Waals surface area contributed by atoms with Crippen LogP contribution >= 0.6 is 0 Å². The second kappa shape index (κ2) is 7.14. The summed E-state index contributed by atoms with van der Waals surface area (Å²) >= 11 is 0. The van der Waals surface area contributed by atoms with Gasteiger partial charge < -0.3 is 13.7 Å². The molecule has 0 aliphatic carbocycles. The van der Waals surface area contributed by atoms with E-state index in [4.69, 9.17) is 9.15 Å². The SMILES string of the molecule is Cc1c(C(=O)COC(=O)Cn2c(=O)c3c(ncn3C)n(C)c2=O)oc2ccccc12. The summed E-state index contributed by atoms with van der Waals surface area (Å²) in [6, 6.07) is 7.18. The van der Waals surface area contributed by atoms with Gasteiger partial charge in [0.2, 0.25) is 5.78 Å². The molecular weight excluding hydrogens is 392 g/mol. The average molecular weight is 410 g/mol. The highest BCUT2D eigenvalue weighted by Crippen LogP contribution is 2.25. The Morgan fingerprint density at radius 3 is 2.63 bits per heavy atom. The number of aryl methyl sites for hydroxylation is 3. The van der Waals surface area contributed by atoms with Crippen molar-refractivity contribution in [1.29, 1.82) is 0 Å². The Balaban J connectivity index is 1.53. The molecule has 0 fully saturated rings. The molecular formula is C20H18N4O6. The molecule has 30 heavy (non-hydrogen) atoms. The number of ketones is 1. The third-order valence-electron chi connectivity index (χ3n) is 4.95. The first kappa shape index (κ1) is 19.4. The van der Waals surface area contributed by atoms with E-state index in [9.17, 15) is 19.2 Å². The maximum Gasteiger partial charge on any atom is 0.333 e. The number of fused-ring (bicyclic) bond motifs is 2. The van der Waals surface area contributed by atoms with Crippen molar-refractivity contribution in [2.75, 3.05) is 6.61 Å². The minimum atomic E-state index is -0.891. The Morgan fingerprint density at radius 1 is 1.17 bits per heavy atom. The van der Waals surface area contributed by atoms with Crippen molar-refractivity contribution in [3.05, 3.63) is 62.8 Å². The van der Waals surface area contributed by atoms with Gasteiger partial charge in [-0.25, -0.2) is 14.3 Å². The molecule has 0 saturated heterocycles. The first-order chi connectivity index (χ1) is 14.3. The predicted octanol–water partition coefficient (Wildman–Crippen LogP) is 0.914. The first-order valence-corrected chi connectivity index (χ1v) is 9.07. The fourth-order valence-corrected chi connectivity index (χ4v) is 3.36. The van der Waals surface area contributed by atoms with E-state index in [0.717, 1.165) is 9.95 Å². The summed E-state index contributed by atoms with van der Waals surface area (Å²) in [6.45, 7) is 0.550. The number of carbonyl (C=O) groups is 2. The van der Waals surface area contributed by atoms with E-state index in [-0.39, 0.29) is 16.9 Å². The highest BCUT2D eigenvalue weighted by atomic mass is 16.5. The Kier molecular flexibility index (Phi) is 4.61. The van der Waals surface area contributed by atoms with Crippen LogP contribution in [0.4, 0.5) is 0 Å². The van der Waals surface area contributed by atoms with Crippen LogP contribution in [0.5, 0.6) is 0 Å². The van der Waals surface area contributed by atoms with E-state index in [2.05, 4.69) is 4.98 Å². The maximum absolute atomic E-state index is 12.6. The van der Waals surface area contributed by atoms with Gasteiger partial charge >= 0.3 is 11.7 Å². The van der Waals surface area contributed by atoms with Gasteiger partial charge in [0.15, 0.2) is 23.5 Å². The molecule has 154 valence electrons. The smallest absolute Gasteiger partial charge is 0.333 e. The largest absolute Gasteiger partial charge is 0.456 e. The summed E-state index contributed by atoms with van der Waals surface area (Å²) in [5, 5.41) is 0.798. The minimum Gasteiger partial charge on any atom is -0.456 e. The van der Waals surface area contributed by atoms with Crippen LogP contribution in [0, 0.1) is 6.92 Å². The molecule has 0 aliphatic rings. The molecule has 1 aromatic carbocycles. The third-order valence-corrected chi connectivity index (χ3v) is 4.95. The van der Waals surface area contributed by atoms with Gasteiger partial charge in [-0.1, -0.05) is 18.2 Å². The lowest BCUT2D eigenvalue weighted by Crippen LogP contribution is -2.41. The number of carbonyl (C=O) groups excluding carboxylic acids is 2. The van der Waals surface area contributed by atoms with E-state index in [1.54, 1.807) is 26.1 Å². The molecule has 0 spiro atoms. The topological polar surface area (TPSA) is 118 Å². The fourth-order valence-electron chi connectivity index (χ4n) is 3.36. The van der Waals surface area contributed by atoms with E-state index in [1.165, 1.54) is 22.5 Å². The number of para-hydroxylation sites is 1. The Bertz CT molecular complexity index is 1440. The first-order valence-electron chi connectivity index (χ1n) is 9.07. The van der Waals surface area contributed by atoms with Crippen LogP contribution < -0.4 is 11.2 Å². The minimum absolute atomic E-state index is 0.105. The van der Waals surface area contributed by atoms with Crippen molar-refractivity contribution in [2.45, 2.75) is 13.5 Å². The van der Waals surface area contributed by atoms with Crippen molar-refractivity contribution >= 4 is 33.9 Å². The number of hydrogen-bond donors (Lipinski definition) is 0. The molecule has 0 amide bonds. The summed E-state index contributed by atoms with van der Waals surface area (Å²) in [5.74, 6) is -1.30. The number of nitrogens with zero attached hydrogens (tertiary/aromatic N) is 4. The lowest BCUT2D eigenvalue weighted by molar-refractivity contribution is -0.143. The molecule has 3 heterocycles. The highest BCUT2D eigenvalue weighted by Gasteiger charge is 2.21. The standard InChI is InChI=1S/C20H18N4O6/c1-11-12-6-4-5-7-14(12)30-17(11)13(25)9-29-15(26)8-24-19(27)16-18(21-10-22(16)2)23(3)20(24)28/h4-7,10H,8-9H2,1-3H3. The quantitative estimate of drug-likeness (QED) is 0.354. The van der Waals surface area contributed by atoms with Crippen LogP contribution in [0.25, 0.3) is 22.1 Å². The summed E-state index contributed by atoms with van der Waals surface area (Å²) < 4.78 is 14.0. The van der Waals surface area contributed by atoms with E-state index < -0.39 is 36.2 Å².